The van der Waals surface area contributed by atoms with Crippen LogP contribution in [0.5, 0.6) is 0 Å². The SMILES string of the molecule is CCCC(C)(CO)CN(C)C(C)CO. The molecule has 0 fully saturated rings. The summed E-state index contributed by atoms with van der Waals surface area (Å²) >= 11 is 0. The average molecular weight is 203 g/mol. The summed E-state index contributed by atoms with van der Waals surface area (Å²) in [6.07, 6.45) is 2.10. The predicted octanol–water partition coefficient (Wildman–Crippen LogP) is 1.10. The first-order valence-electron chi connectivity index (χ1n) is 5.41. The minimum absolute atomic E-state index is 0.0348. The molecule has 0 saturated carbocycles. The van der Waals surface area contributed by atoms with E-state index in [9.17, 15) is 5.11 Å². The smallest absolute Gasteiger partial charge is 0.0584 e. The number of hydrogen-bond acceptors (Lipinski definition) is 3. The molecule has 3 heteroatoms. The zero-order valence-corrected chi connectivity index (χ0v) is 9.95. The fraction of sp³-hybridized carbons (Fsp3) is 1.00. The van der Waals surface area contributed by atoms with Crippen LogP contribution < -0.4 is 0 Å². The molecule has 0 aliphatic carbocycles. The van der Waals surface area contributed by atoms with Crippen molar-refractivity contribution in [3.63, 3.8) is 0 Å². The monoisotopic (exact) mass is 203 g/mol. The summed E-state index contributed by atoms with van der Waals surface area (Å²) in [5.41, 5.74) is -0.0348. The van der Waals surface area contributed by atoms with Crippen LogP contribution in [0.4, 0.5) is 0 Å². The van der Waals surface area contributed by atoms with Crippen molar-refractivity contribution in [2.24, 2.45) is 5.41 Å². The van der Waals surface area contributed by atoms with E-state index < -0.39 is 0 Å². The second-order valence-electron chi connectivity index (χ2n) is 4.67. The Balaban J connectivity index is 4.15. The number of likely N-dealkylation sites (N-methyl/N-ethyl adjacent to an activating group) is 1. The van der Waals surface area contributed by atoms with Crippen molar-refractivity contribution in [1.29, 1.82) is 0 Å². The van der Waals surface area contributed by atoms with Crippen LogP contribution in [0.1, 0.15) is 33.6 Å². The lowest BCUT2D eigenvalue weighted by molar-refractivity contribution is 0.0611. The number of rotatable bonds is 7. The summed E-state index contributed by atoms with van der Waals surface area (Å²) < 4.78 is 0. The third kappa shape index (κ3) is 4.40. The van der Waals surface area contributed by atoms with E-state index >= 15 is 0 Å². The number of nitrogens with zero attached hydrogens (tertiary/aromatic N) is 1. The topological polar surface area (TPSA) is 43.7 Å². The molecule has 0 aliphatic heterocycles. The lowest BCUT2D eigenvalue weighted by Gasteiger charge is -2.34. The van der Waals surface area contributed by atoms with E-state index in [2.05, 4.69) is 18.7 Å². The highest BCUT2D eigenvalue weighted by molar-refractivity contribution is 4.78. The quantitative estimate of drug-likeness (QED) is 0.651. The van der Waals surface area contributed by atoms with Crippen LogP contribution in [0, 0.1) is 5.41 Å². The Morgan fingerprint density at radius 2 is 1.93 bits per heavy atom. The molecule has 0 saturated heterocycles. The van der Waals surface area contributed by atoms with Gasteiger partial charge in [0.1, 0.15) is 0 Å². The van der Waals surface area contributed by atoms with Gasteiger partial charge in [-0.1, -0.05) is 20.3 Å². The van der Waals surface area contributed by atoms with Crippen LogP contribution in [-0.2, 0) is 0 Å². The minimum Gasteiger partial charge on any atom is -0.396 e. The molecule has 0 rings (SSSR count). The number of aliphatic hydroxyl groups excluding tert-OH is 2. The van der Waals surface area contributed by atoms with E-state index in [1.807, 2.05) is 14.0 Å². The van der Waals surface area contributed by atoms with E-state index in [0.29, 0.717) is 0 Å². The average Bonchev–Trinajstić information content (AvgIpc) is 2.16. The van der Waals surface area contributed by atoms with Gasteiger partial charge in [0.05, 0.1) is 6.61 Å². The molecule has 0 amide bonds. The second-order valence-corrected chi connectivity index (χ2v) is 4.67. The molecule has 86 valence electrons. The molecule has 0 aromatic rings. The minimum atomic E-state index is -0.0348. The molecule has 14 heavy (non-hydrogen) atoms. The van der Waals surface area contributed by atoms with Gasteiger partial charge in [0.25, 0.3) is 0 Å². The highest BCUT2D eigenvalue weighted by Gasteiger charge is 2.25. The van der Waals surface area contributed by atoms with Crippen molar-refractivity contribution in [3.05, 3.63) is 0 Å². The zero-order valence-electron chi connectivity index (χ0n) is 9.95. The van der Waals surface area contributed by atoms with Crippen LogP contribution in [0.15, 0.2) is 0 Å². The zero-order chi connectivity index (χ0) is 11.2. The molecule has 0 spiro atoms. The summed E-state index contributed by atoms with van der Waals surface area (Å²) in [4.78, 5) is 2.10. The Morgan fingerprint density at radius 1 is 1.36 bits per heavy atom. The van der Waals surface area contributed by atoms with Crippen molar-refractivity contribution in [2.75, 3.05) is 26.8 Å². The van der Waals surface area contributed by atoms with E-state index in [4.69, 9.17) is 5.11 Å². The van der Waals surface area contributed by atoms with Gasteiger partial charge in [0, 0.05) is 24.6 Å². The molecule has 0 bridgehead atoms. The maximum Gasteiger partial charge on any atom is 0.0584 e. The Bertz CT molecular complexity index is 152. The lowest BCUT2D eigenvalue weighted by Crippen LogP contribution is -2.41. The first-order chi connectivity index (χ1) is 6.49. The molecule has 2 atom stereocenters. The summed E-state index contributed by atoms with van der Waals surface area (Å²) in [7, 11) is 1.99. The largest absolute Gasteiger partial charge is 0.396 e. The van der Waals surface area contributed by atoms with E-state index in [0.717, 1.165) is 19.4 Å². The maximum absolute atomic E-state index is 9.33. The predicted molar refractivity (Wildman–Crippen MR) is 59.3 cm³/mol. The Hall–Kier alpha value is -0.120. The summed E-state index contributed by atoms with van der Waals surface area (Å²) in [6, 6.07) is 0.165. The normalized spacial score (nSPS) is 18.2. The Labute approximate surface area is 87.7 Å². The fourth-order valence-corrected chi connectivity index (χ4v) is 1.71. The van der Waals surface area contributed by atoms with Gasteiger partial charge >= 0.3 is 0 Å². The van der Waals surface area contributed by atoms with Crippen LogP contribution in [-0.4, -0.2) is 48.0 Å². The summed E-state index contributed by atoms with van der Waals surface area (Å²) in [5, 5.41) is 18.3. The fourth-order valence-electron chi connectivity index (χ4n) is 1.71. The molecule has 0 aromatic carbocycles. The first-order valence-corrected chi connectivity index (χ1v) is 5.41. The van der Waals surface area contributed by atoms with Crippen molar-refractivity contribution in [3.8, 4) is 0 Å². The van der Waals surface area contributed by atoms with E-state index in [1.54, 1.807) is 0 Å². The standard InChI is InChI=1S/C11H25NO2/c1-5-6-11(3,9-14)8-12(4)10(2)7-13/h10,13-14H,5-9H2,1-4H3. The molecule has 3 nitrogen and oxygen atoms in total. The van der Waals surface area contributed by atoms with E-state index in [-0.39, 0.29) is 24.7 Å². The summed E-state index contributed by atoms with van der Waals surface area (Å²) in [5.74, 6) is 0. The highest BCUT2D eigenvalue weighted by atomic mass is 16.3. The van der Waals surface area contributed by atoms with Crippen LogP contribution in [0.25, 0.3) is 0 Å². The Morgan fingerprint density at radius 3 is 2.29 bits per heavy atom. The van der Waals surface area contributed by atoms with Gasteiger partial charge in [-0.25, -0.2) is 0 Å². The van der Waals surface area contributed by atoms with Crippen molar-refractivity contribution in [2.45, 2.75) is 39.7 Å². The second kappa shape index (κ2) is 6.38. The van der Waals surface area contributed by atoms with Crippen LogP contribution in [0.3, 0.4) is 0 Å². The van der Waals surface area contributed by atoms with Crippen LogP contribution >= 0.6 is 0 Å². The number of aliphatic hydroxyl groups is 2. The molecule has 2 unspecified atom stereocenters. The van der Waals surface area contributed by atoms with Gasteiger partial charge < -0.3 is 15.1 Å². The first kappa shape index (κ1) is 13.9. The van der Waals surface area contributed by atoms with Crippen LogP contribution in [0.2, 0.25) is 0 Å². The van der Waals surface area contributed by atoms with Gasteiger partial charge in [0.2, 0.25) is 0 Å². The van der Waals surface area contributed by atoms with Gasteiger partial charge in [-0.15, -0.1) is 0 Å². The molecule has 2 N–H and O–H groups in total. The molecule has 0 heterocycles. The third-order valence-electron chi connectivity index (χ3n) is 2.88. The van der Waals surface area contributed by atoms with Gasteiger partial charge in [-0.3, -0.25) is 0 Å². The van der Waals surface area contributed by atoms with Gasteiger partial charge in [0.15, 0.2) is 0 Å². The van der Waals surface area contributed by atoms with Crippen molar-refractivity contribution < 1.29 is 10.2 Å². The number of hydrogen-bond donors (Lipinski definition) is 2. The molecular weight excluding hydrogens is 178 g/mol. The molecule has 0 aromatic heterocycles. The molecule has 0 radical (unpaired) electrons. The van der Waals surface area contributed by atoms with E-state index in [1.165, 1.54) is 0 Å². The molecule has 0 aliphatic rings. The lowest BCUT2D eigenvalue weighted by atomic mass is 9.86. The van der Waals surface area contributed by atoms with Crippen molar-refractivity contribution in [1.82, 2.24) is 4.90 Å². The molecular formula is C11H25NO2. The summed E-state index contributed by atoms with van der Waals surface area (Å²) in [6.45, 7) is 7.43. The van der Waals surface area contributed by atoms with Gasteiger partial charge in [-0.2, -0.15) is 0 Å². The maximum atomic E-state index is 9.33. The van der Waals surface area contributed by atoms with Gasteiger partial charge in [-0.05, 0) is 20.4 Å². The van der Waals surface area contributed by atoms with Crippen molar-refractivity contribution >= 4 is 0 Å². The third-order valence-corrected chi connectivity index (χ3v) is 2.88. The highest BCUT2D eigenvalue weighted by Crippen LogP contribution is 2.24. The Kier molecular flexibility index (Phi) is 6.33.